The lowest BCUT2D eigenvalue weighted by molar-refractivity contribution is 0.156. The van der Waals surface area contributed by atoms with Crippen LogP contribution in [0.15, 0.2) is 29.3 Å². The number of benzene rings is 1. The van der Waals surface area contributed by atoms with Crippen molar-refractivity contribution in [3.63, 3.8) is 0 Å². The molecule has 2 saturated heterocycles. The third-order valence-corrected chi connectivity index (χ3v) is 6.21. The molecule has 4 rings (SSSR count). The molecule has 5 nitrogen and oxygen atoms in total. The number of aliphatic imine (C=N–C) groups is 1. The monoisotopic (exact) mass is 356 g/mol. The van der Waals surface area contributed by atoms with Crippen LogP contribution in [0.5, 0.6) is 0 Å². The van der Waals surface area contributed by atoms with Gasteiger partial charge in [-0.3, -0.25) is 4.99 Å². The lowest BCUT2D eigenvalue weighted by atomic mass is 9.87. The average molecular weight is 357 g/mol. The Morgan fingerprint density at radius 3 is 3.04 bits per heavy atom. The Balaban J connectivity index is 1.39. The van der Waals surface area contributed by atoms with Crippen molar-refractivity contribution in [3.8, 4) is 0 Å². The number of para-hydroxylation sites is 1. The van der Waals surface area contributed by atoms with Gasteiger partial charge in [0, 0.05) is 49.9 Å². The zero-order valence-corrected chi connectivity index (χ0v) is 16.2. The third-order valence-electron chi connectivity index (χ3n) is 6.21. The molecule has 1 aromatic carbocycles. The van der Waals surface area contributed by atoms with E-state index in [0.717, 1.165) is 58.3 Å². The second kappa shape index (κ2) is 7.47. The highest BCUT2D eigenvalue weighted by Gasteiger charge is 2.42. The quantitative estimate of drug-likeness (QED) is 0.665. The average Bonchev–Trinajstić information content (AvgIpc) is 3.35. The van der Waals surface area contributed by atoms with Crippen LogP contribution in [-0.4, -0.2) is 62.8 Å². The summed E-state index contributed by atoms with van der Waals surface area (Å²) in [4.78, 5) is 9.93. The van der Waals surface area contributed by atoms with E-state index in [1.165, 1.54) is 24.1 Å². The summed E-state index contributed by atoms with van der Waals surface area (Å²) in [5.41, 5.74) is 3.24. The van der Waals surface area contributed by atoms with Crippen molar-refractivity contribution in [2.45, 2.75) is 39.2 Å². The number of nitrogens with one attached hydrogen (secondary N) is 1. The normalized spacial score (nSPS) is 28.2. The van der Waals surface area contributed by atoms with Crippen molar-refractivity contribution in [1.82, 2.24) is 10.2 Å². The topological polar surface area (TPSA) is 40.1 Å². The van der Waals surface area contributed by atoms with Gasteiger partial charge in [-0.15, -0.1) is 0 Å². The van der Waals surface area contributed by atoms with Gasteiger partial charge in [-0.2, -0.15) is 0 Å². The van der Waals surface area contributed by atoms with Crippen molar-refractivity contribution < 1.29 is 4.74 Å². The number of hydrogen-bond donors (Lipinski definition) is 1. The molecule has 1 spiro atoms. The SMILES string of the molecule is CCNC(=NCCN1c2ccccc2CC1C)N1CCC2(CCOC2)C1. The fourth-order valence-corrected chi connectivity index (χ4v) is 4.75. The molecule has 26 heavy (non-hydrogen) atoms. The number of hydrogen-bond acceptors (Lipinski definition) is 3. The maximum atomic E-state index is 5.67. The van der Waals surface area contributed by atoms with Crippen LogP contribution < -0.4 is 10.2 Å². The van der Waals surface area contributed by atoms with E-state index in [2.05, 4.69) is 53.2 Å². The molecule has 2 unspecified atom stereocenters. The summed E-state index contributed by atoms with van der Waals surface area (Å²) in [5, 5.41) is 3.50. The highest BCUT2D eigenvalue weighted by atomic mass is 16.5. The number of guanidine groups is 1. The minimum absolute atomic E-state index is 0.374. The molecule has 1 N–H and O–H groups in total. The summed E-state index contributed by atoms with van der Waals surface area (Å²) in [6.07, 6.45) is 3.58. The first-order valence-corrected chi connectivity index (χ1v) is 10.2. The van der Waals surface area contributed by atoms with E-state index in [4.69, 9.17) is 9.73 Å². The summed E-state index contributed by atoms with van der Waals surface area (Å²) in [6, 6.07) is 9.36. The highest BCUT2D eigenvalue weighted by molar-refractivity contribution is 5.80. The largest absolute Gasteiger partial charge is 0.381 e. The fourth-order valence-electron chi connectivity index (χ4n) is 4.75. The smallest absolute Gasteiger partial charge is 0.193 e. The number of anilines is 1. The summed E-state index contributed by atoms with van der Waals surface area (Å²) in [6.45, 7) is 11.2. The van der Waals surface area contributed by atoms with Gasteiger partial charge < -0.3 is 19.9 Å². The zero-order valence-electron chi connectivity index (χ0n) is 16.2. The standard InChI is InChI=1S/C21H32N4O/c1-3-22-20(24-11-8-21(15-24)9-13-26-16-21)23-10-12-25-17(2)14-18-6-4-5-7-19(18)25/h4-7,17H,3,8-16H2,1-2H3,(H,22,23). The van der Waals surface area contributed by atoms with E-state index >= 15 is 0 Å². The van der Waals surface area contributed by atoms with Gasteiger partial charge in [0.1, 0.15) is 0 Å². The molecule has 0 aliphatic carbocycles. The van der Waals surface area contributed by atoms with Crippen LogP contribution in [0.1, 0.15) is 32.3 Å². The molecule has 0 saturated carbocycles. The van der Waals surface area contributed by atoms with Gasteiger partial charge in [-0.1, -0.05) is 18.2 Å². The maximum absolute atomic E-state index is 5.67. The third kappa shape index (κ3) is 3.41. The van der Waals surface area contributed by atoms with Crippen molar-refractivity contribution in [2.24, 2.45) is 10.4 Å². The van der Waals surface area contributed by atoms with Gasteiger partial charge in [0.2, 0.25) is 0 Å². The molecule has 3 heterocycles. The minimum Gasteiger partial charge on any atom is -0.381 e. The van der Waals surface area contributed by atoms with Gasteiger partial charge in [-0.25, -0.2) is 0 Å². The van der Waals surface area contributed by atoms with Crippen LogP contribution in [0.25, 0.3) is 0 Å². The van der Waals surface area contributed by atoms with Gasteiger partial charge in [0.05, 0.1) is 13.2 Å². The number of fused-ring (bicyclic) bond motifs is 1. The Labute approximate surface area is 157 Å². The highest BCUT2D eigenvalue weighted by Crippen LogP contribution is 2.38. The molecule has 2 atom stereocenters. The van der Waals surface area contributed by atoms with E-state index in [-0.39, 0.29) is 0 Å². The Kier molecular flexibility index (Phi) is 5.07. The molecular formula is C21H32N4O. The van der Waals surface area contributed by atoms with Crippen LogP contribution >= 0.6 is 0 Å². The van der Waals surface area contributed by atoms with E-state index < -0.39 is 0 Å². The summed E-state index contributed by atoms with van der Waals surface area (Å²) in [5.74, 6) is 1.08. The first-order chi connectivity index (χ1) is 12.7. The van der Waals surface area contributed by atoms with E-state index in [9.17, 15) is 0 Å². The van der Waals surface area contributed by atoms with Gasteiger partial charge in [0.15, 0.2) is 5.96 Å². The Morgan fingerprint density at radius 1 is 1.35 bits per heavy atom. The maximum Gasteiger partial charge on any atom is 0.193 e. The van der Waals surface area contributed by atoms with Crippen molar-refractivity contribution in [3.05, 3.63) is 29.8 Å². The molecule has 3 aliphatic heterocycles. The van der Waals surface area contributed by atoms with Gasteiger partial charge in [0.25, 0.3) is 0 Å². The number of ether oxygens (including phenoxy) is 1. The Hall–Kier alpha value is -1.75. The molecule has 3 aliphatic rings. The molecule has 142 valence electrons. The number of nitrogens with zero attached hydrogens (tertiary/aromatic N) is 3. The van der Waals surface area contributed by atoms with Crippen molar-refractivity contribution in [1.29, 1.82) is 0 Å². The molecule has 0 aromatic heterocycles. The second-order valence-electron chi connectivity index (χ2n) is 8.09. The Morgan fingerprint density at radius 2 is 2.23 bits per heavy atom. The van der Waals surface area contributed by atoms with Crippen molar-refractivity contribution in [2.75, 3.05) is 50.8 Å². The molecule has 0 bridgehead atoms. The van der Waals surface area contributed by atoms with Crippen LogP contribution in [0, 0.1) is 5.41 Å². The van der Waals surface area contributed by atoms with Gasteiger partial charge in [-0.05, 0) is 44.7 Å². The first kappa shape index (κ1) is 17.7. The van der Waals surface area contributed by atoms with E-state index in [1.807, 2.05) is 0 Å². The summed E-state index contributed by atoms with van der Waals surface area (Å²) < 4.78 is 5.67. The minimum atomic E-state index is 0.374. The number of likely N-dealkylation sites (tertiary alicyclic amines) is 1. The fraction of sp³-hybridized carbons (Fsp3) is 0.667. The predicted molar refractivity (Wildman–Crippen MR) is 107 cm³/mol. The van der Waals surface area contributed by atoms with Crippen LogP contribution in [-0.2, 0) is 11.2 Å². The van der Waals surface area contributed by atoms with Crippen LogP contribution in [0.2, 0.25) is 0 Å². The second-order valence-corrected chi connectivity index (χ2v) is 8.09. The lowest BCUT2D eigenvalue weighted by Gasteiger charge is -2.26. The summed E-state index contributed by atoms with van der Waals surface area (Å²) >= 11 is 0. The van der Waals surface area contributed by atoms with E-state index in [0.29, 0.717) is 11.5 Å². The van der Waals surface area contributed by atoms with Crippen LogP contribution in [0.4, 0.5) is 5.69 Å². The molecule has 1 aromatic rings. The predicted octanol–water partition coefficient (Wildman–Crippen LogP) is 2.52. The Bertz CT molecular complexity index is 653. The number of rotatable bonds is 4. The summed E-state index contributed by atoms with van der Waals surface area (Å²) in [7, 11) is 0. The molecule has 5 heteroatoms. The molecule has 0 amide bonds. The van der Waals surface area contributed by atoms with Gasteiger partial charge >= 0.3 is 0 Å². The van der Waals surface area contributed by atoms with Crippen LogP contribution in [0.3, 0.4) is 0 Å². The lowest BCUT2D eigenvalue weighted by Crippen LogP contribution is -2.42. The van der Waals surface area contributed by atoms with Crippen molar-refractivity contribution >= 4 is 11.6 Å². The zero-order chi connectivity index (χ0) is 18.0. The molecule has 0 radical (unpaired) electrons. The molecular weight excluding hydrogens is 324 g/mol. The first-order valence-electron chi connectivity index (χ1n) is 10.2. The van der Waals surface area contributed by atoms with E-state index in [1.54, 1.807) is 0 Å². The molecule has 2 fully saturated rings.